The molecule has 0 rings (SSSR count). The van der Waals surface area contributed by atoms with E-state index in [1.165, 1.54) is 122 Å². The zero-order valence-corrected chi connectivity index (χ0v) is 18.7. The second-order valence-electron chi connectivity index (χ2n) is 8.28. The predicted octanol–water partition coefficient (Wildman–Crippen LogP) is 9.63. The lowest BCUT2D eigenvalue weighted by atomic mass is 10.0. The summed E-state index contributed by atoms with van der Waals surface area (Å²) >= 11 is 0. The van der Waals surface area contributed by atoms with E-state index in [2.05, 4.69) is 25.7 Å². The molecule has 0 aromatic heterocycles. The molecular weight excluding hydrogens is 324 g/mol. The van der Waals surface area contributed by atoms with Gasteiger partial charge in [-0.05, 0) is 12.8 Å². The molecule has 0 atom stereocenters. The average molecular weight is 375 g/mol. The van der Waals surface area contributed by atoms with Gasteiger partial charge in [0, 0.05) is 12.8 Å². The Kier molecular flexibility index (Phi) is 25.1. The van der Waals surface area contributed by atoms with Crippen molar-refractivity contribution in [2.75, 3.05) is 0 Å². The Bertz CT molecular complexity index is 306. The van der Waals surface area contributed by atoms with Crippen molar-refractivity contribution in [2.24, 2.45) is 0 Å². The first-order valence-corrected chi connectivity index (χ1v) is 12.5. The van der Waals surface area contributed by atoms with Crippen LogP contribution in [-0.2, 0) is 0 Å². The lowest BCUT2D eigenvalue weighted by Gasteiger charge is -2.02. The minimum atomic E-state index is 1.11. The number of hydrogen-bond donors (Lipinski definition) is 0. The third-order valence-corrected chi connectivity index (χ3v) is 5.48. The molecule has 0 aliphatic rings. The quantitative estimate of drug-likeness (QED) is 0.138. The minimum Gasteiger partial charge on any atom is -0.103 e. The van der Waals surface area contributed by atoms with Gasteiger partial charge in [-0.1, -0.05) is 136 Å². The van der Waals surface area contributed by atoms with Crippen LogP contribution < -0.4 is 0 Å². The van der Waals surface area contributed by atoms with Crippen LogP contribution in [0.5, 0.6) is 0 Å². The third kappa shape index (κ3) is 25.6. The van der Waals surface area contributed by atoms with Crippen molar-refractivity contribution in [2.45, 2.75) is 148 Å². The van der Waals surface area contributed by atoms with Gasteiger partial charge in [-0.2, -0.15) is 0 Å². The van der Waals surface area contributed by atoms with E-state index in [1.807, 2.05) is 0 Å². The van der Waals surface area contributed by atoms with Crippen molar-refractivity contribution in [1.82, 2.24) is 0 Å². The van der Waals surface area contributed by atoms with Crippen LogP contribution in [-0.4, -0.2) is 0 Å². The van der Waals surface area contributed by atoms with Crippen LogP contribution in [0.1, 0.15) is 148 Å². The van der Waals surface area contributed by atoms with Gasteiger partial charge in [0.05, 0.1) is 0 Å². The standard InChI is InChI=1S/C27H50/c1-3-5-7-9-11-13-15-17-19-21-23-25-27-26-24-22-20-18-16-14-12-10-8-6-4-2/h1-23,25,27H2. The average Bonchev–Trinajstić information content (AvgIpc) is 2.68. The maximum Gasteiger partial charge on any atom is 0.00886 e. The van der Waals surface area contributed by atoms with Crippen LogP contribution in [0.4, 0.5) is 0 Å². The van der Waals surface area contributed by atoms with Crippen molar-refractivity contribution < 1.29 is 0 Å². The van der Waals surface area contributed by atoms with Crippen molar-refractivity contribution in [3.8, 4) is 11.8 Å². The molecule has 0 aromatic rings. The van der Waals surface area contributed by atoms with E-state index >= 15 is 0 Å². The van der Waals surface area contributed by atoms with Gasteiger partial charge in [-0.25, -0.2) is 0 Å². The summed E-state index contributed by atoms with van der Waals surface area (Å²) in [6.45, 7) is 7.80. The summed E-state index contributed by atoms with van der Waals surface area (Å²) in [5, 5.41) is 0. The minimum absolute atomic E-state index is 1.11. The van der Waals surface area contributed by atoms with E-state index in [9.17, 15) is 0 Å². The Labute approximate surface area is 173 Å². The molecule has 0 amide bonds. The molecule has 0 saturated carbocycles. The number of unbranched alkanes of at least 4 members (excludes halogenated alkanes) is 21. The molecule has 2 radical (unpaired) electrons. The normalized spacial score (nSPS) is 10.7. The fourth-order valence-corrected chi connectivity index (χ4v) is 3.61. The highest BCUT2D eigenvalue weighted by Gasteiger charge is 1.93. The zero-order valence-electron chi connectivity index (χ0n) is 18.7. The molecule has 0 saturated heterocycles. The maximum absolute atomic E-state index is 3.90. The summed E-state index contributed by atoms with van der Waals surface area (Å²) in [7, 11) is 0. The van der Waals surface area contributed by atoms with Gasteiger partial charge in [0.2, 0.25) is 0 Å². The second kappa shape index (κ2) is 25.6. The van der Waals surface area contributed by atoms with Gasteiger partial charge >= 0.3 is 0 Å². The van der Waals surface area contributed by atoms with Crippen LogP contribution in [0.15, 0.2) is 0 Å². The molecule has 0 spiro atoms. The van der Waals surface area contributed by atoms with Crippen LogP contribution >= 0.6 is 0 Å². The smallest absolute Gasteiger partial charge is 0.00886 e. The fraction of sp³-hybridized carbons (Fsp3) is 0.852. The first kappa shape index (κ1) is 26.6. The molecular formula is C27H50. The SMILES string of the molecule is [CH2]CCCCCCCCCCC#CCCCCCCCCCCCCC[CH2]. The molecule has 0 fully saturated rings. The summed E-state index contributed by atoms with van der Waals surface area (Å²) in [5.41, 5.74) is 0. The summed E-state index contributed by atoms with van der Waals surface area (Å²) in [4.78, 5) is 0. The van der Waals surface area contributed by atoms with Crippen LogP contribution in [0.25, 0.3) is 0 Å². The number of rotatable bonds is 21. The Hall–Kier alpha value is -0.440. The molecule has 27 heavy (non-hydrogen) atoms. The third-order valence-electron chi connectivity index (χ3n) is 5.48. The second-order valence-corrected chi connectivity index (χ2v) is 8.28. The van der Waals surface area contributed by atoms with Crippen molar-refractivity contribution in [3.63, 3.8) is 0 Å². The van der Waals surface area contributed by atoms with Crippen LogP contribution in [0.3, 0.4) is 0 Å². The van der Waals surface area contributed by atoms with E-state index in [-0.39, 0.29) is 0 Å². The predicted molar refractivity (Wildman–Crippen MR) is 125 cm³/mol. The molecule has 0 heteroatoms. The highest BCUT2D eigenvalue weighted by atomic mass is 14.0. The first-order valence-electron chi connectivity index (χ1n) is 12.5. The maximum atomic E-state index is 3.90. The summed E-state index contributed by atoms with van der Waals surface area (Å²) in [6, 6.07) is 0. The lowest BCUT2D eigenvalue weighted by Crippen LogP contribution is -1.82. The molecule has 0 heterocycles. The molecule has 0 aliphatic heterocycles. The molecule has 0 nitrogen and oxygen atoms in total. The van der Waals surface area contributed by atoms with E-state index in [1.54, 1.807) is 0 Å². The summed E-state index contributed by atoms with van der Waals surface area (Å²) in [6.07, 6.45) is 30.9. The highest BCUT2D eigenvalue weighted by Crippen LogP contribution is 2.12. The molecule has 158 valence electrons. The van der Waals surface area contributed by atoms with Gasteiger partial charge < -0.3 is 0 Å². The molecule has 0 unspecified atom stereocenters. The number of hydrogen-bond acceptors (Lipinski definition) is 0. The largest absolute Gasteiger partial charge is 0.103 e. The van der Waals surface area contributed by atoms with E-state index in [0.29, 0.717) is 0 Å². The monoisotopic (exact) mass is 374 g/mol. The van der Waals surface area contributed by atoms with Gasteiger partial charge in [-0.3, -0.25) is 0 Å². The lowest BCUT2D eigenvalue weighted by molar-refractivity contribution is 0.548. The highest BCUT2D eigenvalue weighted by molar-refractivity contribution is 4.98. The first-order chi connectivity index (χ1) is 13.4. The van der Waals surface area contributed by atoms with Crippen molar-refractivity contribution >= 4 is 0 Å². The fourth-order valence-electron chi connectivity index (χ4n) is 3.61. The summed E-state index contributed by atoms with van der Waals surface area (Å²) in [5.74, 6) is 6.77. The van der Waals surface area contributed by atoms with Crippen molar-refractivity contribution in [1.29, 1.82) is 0 Å². The molecule has 0 N–H and O–H groups in total. The molecule has 0 bridgehead atoms. The molecule has 0 aromatic carbocycles. The Morgan fingerprint density at radius 1 is 0.296 bits per heavy atom. The van der Waals surface area contributed by atoms with Crippen molar-refractivity contribution in [3.05, 3.63) is 13.8 Å². The van der Waals surface area contributed by atoms with Gasteiger partial charge in [0.15, 0.2) is 0 Å². The molecule has 0 aliphatic carbocycles. The summed E-state index contributed by atoms with van der Waals surface area (Å²) < 4.78 is 0. The van der Waals surface area contributed by atoms with Gasteiger partial charge in [0.1, 0.15) is 0 Å². The van der Waals surface area contributed by atoms with Crippen LogP contribution in [0, 0.1) is 25.7 Å². The van der Waals surface area contributed by atoms with Gasteiger partial charge in [-0.15, -0.1) is 11.8 Å². The topological polar surface area (TPSA) is 0 Å². The Morgan fingerprint density at radius 2 is 0.519 bits per heavy atom. The zero-order chi connectivity index (χ0) is 19.7. The van der Waals surface area contributed by atoms with Crippen LogP contribution in [0.2, 0.25) is 0 Å². The van der Waals surface area contributed by atoms with E-state index < -0.39 is 0 Å². The van der Waals surface area contributed by atoms with Gasteiger partial charge in [0.25, 0.3) is 0 Å². The van der Waals surface area contributed by atoms with E-state index in [4.69, 9.17) is 0 Å². The van der Waals surface area contributed by atoms with E-state index in [0.717, 1.165) is 25.7 Å². The Morgan fingerprint density at radius 3 is 0.778 bits per heavy atom. The Balaban J connectivity index is 3.08.